The van der Waals surface area contributed by atoms with Gasteiger partial charge in [0.2, 0.25) is 10.0 Å². The van der Waals surface area contributed by atoms with Crippen LogP contribution in [-0.2, 0) is 10.0 Å². The van der Waals surface area contributed by atoms with Crippen LogP contribution in [0.25, 0.3) is 22.4 Å². The van der Waals surface area contributed by atoms with Gasteiger partial charge < -0.3 is 4.57 Å². The van der Waals surface area contributed by atoms with Crippen molar-refractivity contribution in [1.29, 1.82) is 5.26 Å². The highest BCUT2D eigenvalue weighted by molar-refractivity contribution is 7.89. The molecule has 7 nitrogen and oxygen atoms in total. The molecule has 0 radical (unpaired) electrons. The Labute approximate surface area is 169 Å². The smallest absolute Gasteiger partial charge is 0.243 e. The van der Waals surface area contributed by atoms with Crippen LogP contribution in [0.15, 0.2) is 35.5 Å². The number of sulfonamides is 1. The lowest BCUT2D eigenvalue weighted by atomic mass is 10.1. The Bertz CT molecular complexity index is 1180. The molecule has 0 fully saturated rings. The standard InChI is InChI=1S/C19H20ClN5O2S/c1-11(2)24-28(26,27)14-9-22-19(23-10-14)18-16(8-21)15-6-5-13(20)7-17(15)25(18)12(3)4/h5-7,9-12,24H,1-4H3. The normalized spacial score (nSPS) is 12.1. The topological polar surface area (TPSA) is 101 Å². The van der Waals surface area contributed by atoms with E-state index < -0.39 is 10.0 Å². The molecule has 0 aliphatic heterocycles. The molecule has 0 aliphatic carbocycles. The first-order chi connectivity index (χ1) is 13.2. The summed E-state index contributed by atoms with van der Waals surface area (Å²) in [5.74, 6) is 0.279. The van der Waals surface area contributed by atoms with Crippen LogP contribution >= 0.6 is 11.6 Å². The summed E-state index contributed by atoms with van der Waals surface area (Å²) >= 11 is 6.16. The van der Waals surface area contributed by atoms with Crippen molar-refractivity contribution in [3.8, 4) is 17.6 Å². The van der Waals surface area contributed by atoms with Gasteiger partial charge in [-0.3, -0.25) is 0 Å². The third-order valence-electron chi connectivity index (χ3n) is 4.14. The monoisotopic (exact) mass is 417 g/mol. The van der Waals surface area contributed by atoms with E-state index in [-0.39, 0.29) is 22.8 Å². The van der Waals surface area contributed by atoms with Crippen molar-refractivity contribution in [1.82, 2.24) is 19.3 Å². The Morgan fingerprint density at radius 2 is 1.82 bits per heavy atom. The van der Waals surface area contributed by atoms with E-state index in [1.165, 1.54) is 12.4 Å². The van der Waals surface area contributed by atoms with Gasteiger partial charge in [0, 0.05) is 22.5 Å². The molecule has 0 atom stereocenters. The molecule has 0 bridgehead atoms. The van der Waals surface area contributed by atoms with E-state index in [2.05, 4.69) is 20.8 Å². The predicted molar refractivity (Wildman–Crippen MR) is 109 cm³/mol. The van der Waals surface area contributed by atoms with Gasteiger partial charge in [-0.1, -0.05) is 11.6 Å². The van der Waals surface area contributed by atoms with Crippen LogP contribution in [0.3, 0.4) is 0 Å². The summed E-state index contributed by atoms with van der Waals surface area (Å²) < 4.78 is 29.0. The Morgan fingerprint density at radius 1 is 1.18 bits per heavy atom. The lowest BCUT2D eigenvalue weighted by molar-refractivity contribution is 0.569. The Kier molecular flexibility index (Phi) is 5.44. The molecule has 1 N–H and O–H groups in total. The van der Waals surface area contributed by atoms with Crippen LogP contribution in [0.1, 0.15) is 39.3 Å². The highest BCUT2D eigenvalue weighted by Crippen LogP contribution is 2.35. The van der Waals surface area contributed by atoms with E-state index in [1.54, 1.807) is 32.0 Å². The van der Waals surface area contributed by atoms with Gasteiger partial charge in [-0.25, -0.2) is 23.1 Å². The van der Waals surface area contributed by atoms with Crippen molar-refractivity contribution in [3.63, 3.8) is 0 Å². The van der Waals surface area contributed by atoms with E-state index in [4.69, 9.17) is 11.6 Å². The van der Waals surface area contributed by atoms with Crippen LogP contribution in [0.4, 0.5) is 0 Å². The first kappa shape index (κ1) is 20.3. The number of rotatable bonds is 5. The van der Waals surface area contributed by atoms with Crippen LogP contribution in [0.5, 0.6) is 0 Å². The fourth-order valence-corrected chi connectivity index (χ4v) is 4.41. The van der Waals surface area contributed by atoms with Crippen molar-refractivity contribution in [3.05, 3.63) is 41.2 Å². The molecule has 3 rings (SSSR count). The molecular weight excluding hydrogens is 398 g/mol. The minimum absolute atomic E-state index is 0.00711. The van der Waals surface area contributed by atoms with Gasteiger partial charge >= 0.3 is 0 Å². The Hall–Kier alpha value is -2.47. The molecule has 0 aliphatic rings. The summed E-state index contributed by atoms with van der Waals surface area (Å²) in [4.78, 5) is 8.48. The minimum Gasteiger partial charge on any atom is -0.334 e. The Balaban J connectivity index is 2.22. The third kappa shape index (κ3) is 3.61. The van der Waals surface area contributed by atoms with Crippen molar-refractivity contribution in [2.45, 2.75) is 44.7 Å². The van der Waals surface area contributed by atoms with Crippen molar-refractivity contribution >= 4 is 32.5 Å². The van der Waals surface area contributed by atoms with Gasteiger partial charge in [-0.05, 0) is 45.9 Å². The van der Waals surface area contributed by atoms with E-state index >= 15 is 0 Å². The van der Waals surface area contributed by atoms with Crippen LogP contribution in [0.2, 0.25) is 5.02 Å². The lowest BCUT2D eigenvalue weighted by Gasteiger charge is -2.14. The van der Waals surface area contributed by atoms with Gasteiger partial charge in [-0.15, -0.1) is 0 Å². The fourth-order valence-electron chi connectivity index (χ4n) is 3.11. The molecule has 0 spiro atoms. The first-order valence-corrected chi connectivity index (χ1v) is 10.6. The number of nitrogens with one attached hydrogen (secondary N) is 1. The summed E-state index contributed by atoms with van der Waals surface area (Å²) in [5.41, 5.74) is 1.77. The number of halogens is 1. The second kappa shape index (κ2) is 7.51. The van der Waals surface area contributed by atoms with Crippen molar-refractivity contribution < 1.29 is 8.42 Å². The summed E-state index contributed by atoms with van der Waals surface area (Å²) in [6.07, 6.45) is 2.51. The molecule has 3 aromatic rings. The average molecular weight is 418 g/mol. The van der Waals surface area contributed by atoms with E-state index in [9.17, 15) is 13.7 Å². The zero-order chi connectivity index (χ0) is 20.6. The molecule has 9 heteroatoms. The Morgan fingerprint density at radius 3 is 2.36 bits per heavy atom. The van der Waals surface area contributed by atoms with Crippen molar-refractivity contribution in [2.75, 3.05) is 0 Å². The largest absolute Gasteiger partial charge is 0.334 e. The predicted octanol–water partition coefficient (Wildman–Crippen LogP) is 3.89. The second-order valence-electron chi connectivity index (χ2n) is 6.98. The summed E-state index contributed by atoms with van der Waals surface area (Å²) in [5, 5.41) is 11.1. The van der Waals surface area contributed by atoms with Gasteiger partial charge in [0.15, 0.2) is 5.82 Å². The number of nitrogens with zero attached hydrogens (tertiary/aromatic N) is 4. The summed E-state index contributed by atoms with van der Waals surface area (Å²) in [6.45, 7) is 7.43. The number of aromatic nitrogens is 3. The molecule has 146 valence electrons. The number of benzene rings is 1. The molecule has 0 unspecified atom stereocenters. The quantitative estimate of drug-likeness (QED) is 0.678. The maximum Gasteiger partial charge on any atom is 0.243 e. The van der Waals surface area contributed by atoms with Crippen LogP contribution in [0, 0.1) is 11.3 Å². The molecule has 28 heavy (non-hydrogen) atoms. The van der Waals surface area contributed by atoms with Crippen LogP contribution < -0.4 is 4.72 Å². The van der Waals surface area contributed by atoms with E-state index in [1.807, 2.05) is 18.4 Å². The van der Waals surface area contributed by atoms with Gasteiger partial charge in [0.05, 0.1) is 23.5 Å². The van der Waals surface area contributed by atoms with Gasteiger partial charge in [-0.2, -0.15) is 5.26 Å². The van der Waals surface area contributed by atoms with Gasteiger partial charge in [0.25, 0.3) is 0 Å². The molecule has 2 heterocycles. The third-order valence-corrected chi connectivity index (χ3v) is 5.98. The number of nitriles is 1. The van der Waals surface area contributed by atoms with E-state index in [0.29, 0.717) is 16.3 Å². The zero-order valence-corrected chi connectivity index (χ0v) is 17.5. The highest BCUT2D eigenvalue weighted by Gasteiger charge is 2.23. The summed E-state index contributed by atoms with van der Waals surface area (Å²) in [6, 6.07) is 7.31. The lowest BCUT2D eigenvalue weighted by Crippen LogP contribution is -2.30. The van der Waals surface area contributed by atoms with Gasteiger partial charge in [0.1, 0.15) is 16.7 Å². The number of fused-ring (bicyclic) bond motifs is 1. The number of hydrogen-bond acceptors (Lipinski definition) is 5. The minimum atomic E-state index is -3.70. The van der Waals surface area contributed by atoms with E-state index in [0.717, 1.165) is 10.9 Å². The molecule has 0 saturated carbocycles. The maximum absolute atomic E-state index is 12.3. The first-order valence-electron chi connectivity index (χ1n) is 8.74. The maximum atomic E-state index is 12.3. The highest BCUT2D eigenvalue weighted by atomic mass is 35.5. The molecular formula is C19H20ClN5O2S. The average Bonchev–Trinajstić information content (AvgIpc) is 2.94. The molecule has 1 aromatic carbocycles. The second-order valence-corrected chi connectivity index (χ2v) is 9.13. The molecule has 2 aromatic heterocycles. The zero-order valence-electron chi connectivity index (χ0n) is 15.9. The SMILES string of the molecule is CC(C)NS(=O)(=O)c1cnc(-c2c(C#N)c3ccc(Cl)cc3n2C(C)C)nc1. The fraction of sp³-hybridized carbons (Fsp3) is 0.316. The molecule has 0 saturated heterocycles. The molecule has 0 amide bonds. The number of hydrogen-bond donors (Lipinski definition) is 1. The van der Waals surface area contributed by atoms with Crippen LogP contribution in [-0.4, -0.2) is 29.0 Å². The summed E-state index contributed by atoms with van der Waals surface area (Å²) in [7, 11) is -3.70. The van der Waals surface area contributed by atoms with Crippen molar-refractivity contribution in [2.24, 2.45) is 0 Å².